The van der Waals surface area contributed by atoms with Crippen molar-refractivity contribution >= 4 is 0 Å². The Kier molecular flexibility index (Phi) is 7.15. The van der Waals surface area contributed by atoms with Gasteiger partial charge in [0.1, 0.15) is 0 Å². The molecule has 1 fully saturated rings. The van der Waals surface area contributed by atoms with Crippen molar-refractivity contribution in [1.82, 2.24) is 4.90 Å². The van der Waals surface area contributed by atoms with Crippen LogP contribution >= 0.6 is 0 Å². The molecule has 0 bridgehead atoms. The molecule has 0 amide bonds. The molecule has 0 aromatic heterocycles. The Morgan fingerprint density at radius 3 is 2.29 bits per heavy atom. The van der Waals surface area contributed by atoms with Crippen molar-refractivity contribution < 1.29 is 9.47 Å². The van der Waals surface area contributed by atoms with E-state index >= 15 is 0 Å². The van der Waals surface area contributed by atoms with Crippen molar-refractivity contribution in [2.45, 2.75) is 45.4 Å². The minimum atomic E-state index is 0.252. The molecule has 3 heteroatoms. The first kappa shape index (κ1) is 13.9. The molecule has 1 aliphatic heterocycles. The van der Waals surface area contributed by atoms with E-state index in [4.69, 9.17) is 9.47 Å². The molecule has 0 aliphatic carbocycles. The van der Waals surface area contributed by atoms with E-state index < -0.39 is 0 Å². The Balaban J connectivity index is 0.000000791. The number of likely N-dealkylation sites (N-methyl/N-ethyl adjacent to an activating group) is 1. The molecule has 3 unspecified atom stereocenters. The van der Waals surface area contributed by atoms with E-state index in [0.29, 0.717) is 12.1 Å². The number of hydrogen-bond donors (Lipinski definition) is 0. The Bertz CT molecular complexity index is 141. The predicted octanol–water partition coefficient (Wildman–Crippen LogP) is 1.77. The molecule has 0 radical (unpaired) electrons. The molecule has 0 spiro atoms. The van der Waals surface area contributed by atoms with Crippen molar-refractivity contribution in [2.24, 2.45) is 0 Å². The monoisotopic (exact) mass is 203 g/mol. The van der Waals surface area contributed by atoms with Gasteiger partial charge in [-0.15, -0.1) is 0 Å². The van der Waals surface area contributed by atoms with Gasteiger partial charge in [-0.2, -0.15) is 0 Å². The lowest BCUT2D eigenvalue weighted by atomic mass is 10.1. The van der Waals surface area contributed by atoms with E-state index in [9.17, 15) is 0 Å². The summed E-state index contributed by atoms with van der Waals surface area (Å²) in [5.41, 5.74) is 0. The van der Waals surface area contributed by atoms with Crippen LogP contribution < -0.4 is 0 Å². The number of rotatable bonds is 3. The third-order valence-electron chi connectivity index (χ3n) is 2.81. The van der Waals surface area contributed by atoms with Crippen LogP contribution in [-0.4, -0.2) is 51.0 Å². The molecule has 0 aromatic carbocycles. The molecule has 1 saturated heterocycles. The van der Waals surface area contributed by atoms with Crippen molar-refractivity contribution in [3.8, 4) is 0 Å². The molecular formula is C11H25NO2. The van der Waals surface area contributed by atoms with Gasteiger partial charge >= 0.3 is 0 Å². The Hall–Kier alpha value is -0.120. The van der Waals surface area contributed by atoms with Crippen molar-refractivity contribution in [3.63, 3.8) is 0 Å². The first-order chi connectivity index (χ1) is 6.70. The number of nitrogens with zero attached hydrogens (tertiary/aromatic N) is 1. The highest BCUT2D eigenvalue weighted by Gasteiger charge is 2.35. The number of hydrogen-bond acceptors (Lipinski definition) is 3. The highest BCUT2D eigenvalue weighted by Crippen LogP contribution is 2.22. The minimum absolute atomic E-state index is 0.252. The van der Waals surface area contributed by atoms with Gasteiger partial charge in [0.2, 0.25) is 0 Å². The van der Waals surface area contributed by atoms with E-state index in [1.807, 2.05) is 13.8 Å². The summed E-state index contributed by atoms with van der Waals surface area (Å²) >= 11 is 0. The topological polar surface area (TPSA) is 21.7 Å². The summed E-state index contributed by atoms with van der Waals surface area (Å²) in [5.74, 6) is 0. The van der Waals surface area contributed by atoms with Gasteiger partial charge in [0.25, 0.3) is 0 Å². The molecule has 3 nitrogen and oxygen atoms in total. The Morgan fingerprint density at radius 1 is 1.29 bits per heavy atom. The summed E-state index contributed by atoms with van der Waals surface area (Å²) in [6, 6.07) is 0.417. The Labute approximate surface area is 88.4 Å². The summed E-state index contributed by atoms with van der Waals surface area (Å²) < 4.78 is 10.7. The molecule has 3 atom stereocenters. The standard InChI is InChI=1S/C9H19NO2.C2H6/c1-7(11-3)9-8(12-4)5-6-10(9)2;1-2/h7-9H,5-6H2,1-4H3;1-2H3. The van der Waals surface area contributed by atoms with Gasteiger partial charge < -0.3 is 9.47 Å². The molecule has 0 aromatic rings. The highest BCUT2D eigenvalue weighted by molar-refractivity contribution is 4.89. The van der Waals surface area contributed by atoms with Crippen LogP contribution in [0.3, 0.4) is 0 Å². The lowest BCUT2D eigenvalue weighted by Gasteiger charge is -2.28. The molecule has 1 rings (SSSR count). The molecule has 0 N–H and O–H groups in total. The quantitative estimate of drug-likeness (QED) is 0.698. The summed E-state index contributed by atoms with van der Waals surface area (Å²) in [6.07, 6.45) is 1.71. The number of methoxy groups -OCH3 is 2. The summed E-state index contributed by atoms with van der Waals surface area (Å²) in [6.45, 7) is 7.20. The average Bonchev–Trinajstić information content (AvgIpc) is 2.61. The van der Waals surface area contributed by atoms with E-state index in [0.717, 1.165) is 13.0 Å². The lowest BCUT2D eigenvalue weighted by Crippen LogP contribution is -2.42. The number of likely N-dealkylation sites (tertiary alicyclic amines) is 1. The van der Waals surface area contributed by atoms with Crippen LogP contribution in [0, 0.1) is 0 Å². The second-order valence-electron chi connectivity index (χ2n) is 3.47. The maximum atomic E-state index is 5.40. The largest absolute Gasteiger partial charge is 0.380 e. The van der Waals surface area contributed by atoms with Crippen molar-refractivity contribution in [3.05, 3.63) is 0 Å². The average molecular weight is 203 g/mol. The molecule has 0 saturated carbocycles. The third kappa shape index (κ3) is 3.23. The molecule has 1 aliphatic rings. The second-order valence-corrected chi connectivity index (χ2v) is 3.47. The van der Waals surface area contributed by atoms with Crippen molar-refractivity contribution in [2.75, 3.05) is 27.8 Å². The summed E-state index contributed by atoms with van der Waals surface area (Å²) in [4.78, 5) is 2.31. The normalized spacial score (nSPS) is 29.6. The SMILES string of the molecule is CC.COC(C)C1C(OC)CCN1C. The van der Waals surface area contributed by atoms with Crippen LogP contribution in [0.4, 0.5) is 0 Å². The van der Waals surface area contributed by atoms with Crippen LogP contribution in [0.25, 0.3) is 0 Å². The van der Waals surface area contributed by atoms with Crippen LogP contribution in [0.15, 0.2) is 0 Å². The van der Waals surface area contributed by atoms with E-state index in [1.165, 1.54) is 0 Å². The van der Waals surface area contributed by atoms with Gasteiger partial charge in [-0.3, -0.25) is 4.90 Å². The van der Waals surface area contributed by atoms with Crippen LogP contribution in [-0.2, 0) is 9.47 Å². The molecular weight excluding hydrogens is 178 g/mol. The minimum Gasteiger partial charge on any atom is -0.380 e. The maximum absolute atomic E-state index is 5.40. The lowest BCUT2D eigenvalue weighted by molar-refractivity contribution is -0.0115. The van der Waals surface area contributed by atoms with E-state index in [1.54, 1.807) is 14.2 Å². The maximum Gasteiger partial charge on any atom is 0.0763 e. The predicted molar refractivity (Wildman–Crippen MR) is 59.7 cm³/mol. The van der Waals surface area contributed by atoms with Crippen LogP contribution in [0.2, 0.25) is 0 Å². The van der Waals surface area contributed by atoms with Gasteiger partial charge in [-0.1, -0.05) is 13.8 Å². The second kappa shape index (κ2) is 7.21. The molecule has 14 heavy (non-hydrogen) atoms. The molecule has 86 valence electrons. The number of ether oxygens (including phenoxy) is 2. The molecule has 1 heterocycles. The summed E-state index contributed by atoms with van der Waals surface area (Å²) in [5, 5.41) is 0. The van der Waals surface area contributed by atoms with Crippen LogP contribution in [0.1, 0.15) is 27.2 Å². The van der Waals surface area contributed by atoms with Gasteiger partial charge in [0.15, 0.2) is 0 Å². The third-order valence-corrected chi connectivity index (χ3v) is 2.81. The smallest absolute Gasteiger partial charge is 0.0763 e. The van der Waals surface area contributed by atoms with Gasteiger partial charge in [-0.05, 0) is 20.4 Å². The first-order valence-electron chi connectivity index (χ1n) is 5.46. The van der Waals surface area contributed by atoms with E-state index in [2.05, 4.69) is 18.9 Å². The van der Waals surface area contributed by atoms with Gasteiger partial charge in [0, 0.05) is 20.8 Å². The van der Waals surface area contributed by atoms with Gasteiger partial charge in [-0.25, -0.2) is 0 Å². The van der Waals surface area contributed by atoms with E-state index in [-0.39, 0.29) is 6.10 Å². The summed E-state index contributed by atoms with van der Waals surface area (Å²) in [7, 11) is 5.65. The fourth-order valence-corrected chi connectivity index (χ4v) is 1.99. The zero-order valence-corrected chi connectivity index (χ0v) is 10.4. The zero-order valence-electron chi connectivity index (χ0n) is 10.4. The Morgan fingerprint density at radius 2 is 1.86 bits per heavy atom. The van der Waals surface area contributed by atoms with Crippen molar-refractivity contribution in [1.29, 1.82) is 0 Å². The van der Waals surface area contributed by atoms with Gasteiger partial charge in [0.05, 0.1) is 18.2 Å². The fourth-order valence-electron chi connectivity index (χ4n) is 1.99. The first-order valence-corrected chi connectivity index (χ1v) is 5.46. The van der Waals surface area contributed by atoms with Crippen LogP contribution in [0.5, 0.6) is 0 Å². The fraction of sp³-hybridized carbons (Fsp3) is 1.00. The highest BCUT2D eigenvalue weighted by atomic mass is 16.5. The zero-order chi connectivity index (χ0) is 11.1.